The van der Waals surface area contributed by atoms with E-state index < -0.39 is 13.7 Å². The van der Waals surface area contributed by atoms with Gasteiger partial charge in [0.2, 0.25) is 0 Å². The summed E-state index contributed by atoms with van der Waals surface area (Å²) >= 11 is 0. The van der Waals surface area contributed by atoms with Gasteiger partial charge in [-0.15, -0.1) is 5.54 Å². The Labute approximate surface area is 148 Å². The first-order valence-electron chi connectivity index (χ1n) is 8.39. The van der Waals surface area contributed by atoms with E-state index in [-0.39, 0.29) is 11.6 Å². The van der Waals surface area contributed by atoms with Crippen LogP contribution in [0.5, 0.6) is 0 Å². The minimum absolute atomic E-state index is 0.381. The van der Waals surface area contributed by atoms with E-state index in [0.29, 0.717) is 0 Å². The lowest BCUT2D eigenvalue weighted by Crippen LogP contribution is -2.47. The summed E-state index contributed by atoms with van der Waals surface area (Å²) in [6, 6.07) is 8.25. The molecule has 3 nitrogen and oxygen atoms in total. The Hall–Kier alpha value is -1.73. The molecule has 0 spiro atoms. The van der Waals surface area contributed by atoms with Gasteiger partial charge in [-0.1, -0.05) is 37.7 Å². The second-order valence-electron chi connectivity index (χ2n) is 8.88. The Bertz CT molecular complexity index is 623. The van der Waals surface area contributed by atoms with Crippen molar-refractivity contribution in [2.45, 2.75) is 71.8 Å². The number of carbonyl (C=O) groups excluding carboxylic acids is 1. The minimum atomic E-state index is -1.35. The van der Waals surface area contributed by atoms with Crippen molar-refractivity contribution in [3.8, 4) is 11.5 Å². The Kier molecular flexibility index (Phi) is 6.30. The summed E-state index contributed by atoms with van der Waals surface area (Å²) in [6.45, 7) is 16.3. The summed E-state index contributed by atoms with van der Waals surface area (Å²) in [7, 11) is -1.35. The molecule has 0 bridgehead atoms. The topological polar surface area (TPSA) is 38.3 Å². The lowest BCUT2D eigenvalue weighted by Gasteiger charge is -2.28. The van der Waals surface area contributed by atoms with Gasteiger partial charge in [-0.3, -0.25) is 0 Å². The summed E-state index contributed by atoms with van der Waals surface area (Å²) in [5, 5.41) is 2.94. The largest absolute Gasteiger partial charge is 0.444 e. The van der Waals surface area contributed by atoms with Gasteiger partial charge in [-0.2, -0.15) is 0 Å². The van der Waals surface area contributed by atoms with Crippen LogP contribution in [0.15, 0.2) is 24.3 Å². The molecule has 132 valence electrons. The Morgan fingerprint density at radius 1 is 1.08 bits per heavy atom. The molecule has 1 aromatic carbocycles. The van der Waals surface area contributed by atoms with E-state index in [1.807, 2.05) is 46.8 Å². The minimum Gasteiger partial charge on any atom is -0.444 e. The Morgan fingerprint density at radius 2 is 1.62 bits per heavy atom. The van der Waals surface area contributed by atoms with Crippen LogP contribution in [0.2, 0.25) is 19.6 Å². The van der Waals surface area contributed by atoms with Gasteiger partial charge in [0, 0.05) is 11.1 Å². The third-order valence-corrected chi connectivity index (χ3v) is 3.90. The van der Waals surface area contributed by atoms with Crippen molar-refractivity contribution in [3.63, 3.8) is 0 Å². The molecule has 0 aliphatic rings. The van der Waals surface area contributed by atoms with Crippen molar-refractivity contribution in [1.29, 1.82) is 0 Å². The van der Waals surface area contributed by atoms with Gasteiger partial charge < -0.3 is 10.1 Å². The van der Waals surface area contributed by atoms with E-state index in [1.165, 1.54) is 0 Å². The molecular weight excluding hydrogens is 314 g/mol. The first-order chi connectivity index (χ1) is 10.8. The van der Waals surface area contributed by atoms with Crippen molar-refractivity contribution >= 4 is 14.2 Å². The molecule has 0 aliphatic heterocycles. The predicted molar refractivity (Wildman–Crippen MR) is 104 cm³/mol. The van der Waals surface area contributed by atoms with Gasteiger partial charge in [-0.05, 0) is 58.7 Å². The van der Waals surface area contributed by atoms with Crippen LogP contribution in [0.3, 0.4) is 0 Å². The van der Waals surface area contributed by atoms with Gasteiger partial charge >= 0.3 is 6.09 Å². The molecular formula is C20H31NO2Si. The average molecular weight is 346 g/mol. The predicted octanol–water partition coefficient (Wildman–Crippen LogP) is 4.76. The molecule has 0 fully saturated rings. The van der Waals surface area contributed by atoms with Gasteiger partial charge in [0.1, 0.15) is 13.7 Å². The fourth-order valence-corrected chi connectivity index (χ4v) is 2.62. The van der Waals surface area contributed by atoms with Gasteiger partial charge in [0.25, 0.3) is 0 Å². The first kappa shape index (κ1) is 20.3. The van der Waals surface area contributed by atoms with Crippen LogP contribution in [0, 0.1) is 11.5 Å². The third-order valence-electron chi connectivity index (χ3n) is 3.02. The van der Waals surface area contributed by atoms with Crippen LogP contribution >= 0.6 is 0 Å². The number of benzene rings is 1. The number of nitrogens with one attached hydrogen (secondary N) is 1. The fourth-order valence-electron chi connectivity index (χ4n) is 2.10. The fraction of sp³-hybridized carbons (Fsp3) is 0.550. The van der Waals surface area contributed by atoms with Crippen LogP contribution < -0.4 is 5.32 Å². The highest BCUT2D eigenvalue weighted by Gasteiger charge is 2.24. The van der Waals surface area contributed by atoms with E-state index in [9.17, 15) is 4.79 Å². The highest BCUT2D eigenvalue weighted by molar-refractivity contribution is 6.83. The molecule has 0 saturated heterocycles. The molecule has 0 heterocycles. The maximum atomic E-state index is 12.0. The zero-order valence-corrected chi connectivity index (χ0v) is 17.3. The maximum absolute atomic E-state index is 12.0. The summed E-state index contributed by atoms with van der Waals surface area (Å²) < 4.78 is 5.33. The molecule has 0 saturated carbocycles. The monoisotopic (exact) mass is 345 g/mol. The summed E-state index contributed by atoms with van der Waals surface area (Å²) in [5.41, 5.74) is 4.70. The van der Waals surface area contributed by atoms with Crippen molar-refractivity contribution < 1.29 is 9.53 Å². The Morgan fingerprint density at radius 3 is 2.08 bits per heavy atom. The van der Waals surface area contributed by atoms with Gasteiger partial charge in [0.05, 0.1) is 0 Å². The van der Waals surface area contributed by atoms with Crippen molar-refractivity contribution in [2.24, 2.45) is 0 Å². The number of hydrogen-bond acceptors (Lipinski definition) is 2. The SMILES string of the molecule is CC(C)(Cc1ccc(C#C[Si](C)(C)C)cc1)NC(=O)OC(C)(C)C. The normalized spacial score (nSPS) is 12.2. The molecule has 0 aromatic heterocycles. The molecule has 0 radical (unpaired) electrons. The maximum Gasteiger partial charge on any atom is 0.408 e. The number of amides is 1. The quantitative estimate of drug-likeness (QED) is 0.633. The number of alkyl carbamates (subject to hydrolysis) is 1. The number of rotatable bonds is 3. The van der Waals surface area contributed by atoms with Crippen LogP contribution in [-0.4, -0.2) is 25.3 Å². The first-order valence-corrected chi connectivity index (χ1v) is 11.9. The van der Waals surface area contributed by atoms with Crippen molar-refractivity contribution in [2.75, 3.05) is 0 Å². The second-order valence-corrected chi connectivity index (χ2v) is 13.6. The zero-order chi connectivity index (χ0) is 18.6. The second kappa shape index (κ2) is 7.44. The molecule has 1 amide bonds. The van der Waals surface area contributed by atoms with Gasteiger partial charge in [0.15, 0.2) is 0 Å². The zero-order valence-electron chi connectivity index (χ0n) is 16.3. The van der Waals surface area contributed by atoms with Gasteiger partial charge in [-0.25, -0.2) is 4.79 Å². The highest BCUT2D eigenvalue weighted by Crippen LogP contribution is 2.15. The smallest absolute Gasteiger partial charge is 0.408 e. The van der Waals surface area contributed by atoms with E-state index in [1.54, 1.807) is 0 Å². The lowest BCUT2D eigenvalue weighted by molar-refractivity contribution is 0.0472. The van der Waals surface area contributed by atoms with Crippen LogP contribution in [0.4, 0.5) is 4.79 Å². The summed E-state index contributed by atoms with van der Waals surface area (Å²) in [6.07, 6.45) is 0.346. The van der Waals surface area contributed by atoms with Crippen LogP contribution in [-0.2, 0) is 11.2 Å². The Balaban J connectivity index is 2.71. The van der Waals surface area contributed by atoms with E-state index in [0.717, 1.165) is 17.5 Å². The molecule has 1 N–H and O–H groups in total. The number of hydrogen-bond donors (Lipinski definition) is 1. The molecule has 0 atom stereocenters. The molecule has 0 unspecified atom stereocenters. The van der Waals surface area contributed by atoms with Crippen molar-refractivity contribution in [1.82, 2.24) is 5.32 Å². The van der Waals surface area contributed by atoms with Crippen LogP contribution in [0.1, 0.15) is 45.7 Å². The third kappa shape index (κ3) is 8.78. The van der Waals surface area contributed by atoms with E-state index >= 15 is 0 Å². The van der Waals surface area contributed by atoms with E-state index in [4.69, 9.17) is 4.74 Å². The number of ether oxygens (including phenoxy) is 1. The molecule has 24 heavy (non-hydrogen) atoms. The molecule has 1 aromatic rings. The molecule has 1 rings (SSSR count). The van der Waals surface area contributed by atoms with E-state index in [2.05, 4.69) is 48.6 Å². The molecule has 4 heteroatoms. The number of carbonyl (C=O) groups is 1. The van der Waals surface area contributed by atoms with Crippen LogP contribution in [0.25, 0.3) is 0 Å². The highest BCUT2D eigenvalue weighted by atomic mass is 28.3. The summed E-state index contributed by atoms with van der Waals surface area (Å²) in [5.74, 6) is 3.25. The molecule has 0 aliphatic carbocycles. The summed E-state index contributed by atoms with van der Waals surface area (Å²) in [4.78, 5) is 12.0. The average Bonchev–Trinajstić information content (AvgIpc) is 2.33. The van der Waals surface area contributed by atoms with Crippen molar-refractivity contribution in [3.05, 3.63) is 35.4 Å². The standard InChI is InChI=1S/C20H31NO2Si/c1-19(2,3)23-18(22)21-20(4,5)15-17-11-9-16(10-12-17)13-14-24(6,7)8/h9-12H,15H2,1-8H3,(H,21,22). The lowest BCUT2D eigenvalue weighted by atomic mass is 9.94.